The van der Waals surface area contributed by atoms with Crippen LogP contribution in [0.3, 0.4) is 0 Å². The summed E-state index contributed by atoms with van der Waals surface area (Å²) in [6.45, 7) is 4.00. The molecule has 2 heterocycles. The fourth-order valence-corrected chi connectivity index (χ4v) is 3.66. The summed E-state index contributed by atoms with van der Waals surface area (Å²) >= 11 is 0. The van der Waals surface area contributed by atoms with Crippen molar-refractivity contribution in [3.63, 3.8) is 0 Å². The van der Waals surface area contributed by atoms with Crippen LogP contribution in [0.1, 0.15) is 44.2 Å². The van der Waals surface area contributed by atoms with Crippen molar-refractivity contribution < 1.29 is 9.59 Å². The van der Waals surface area contributed by atoms with Gasteiger partial charge in [0.05, 0.1) is 11.6 Å². The van der Waals surface area contributed by atoms with Gasteiger partial charge in [-0.2, -0.15) is 5.10 Å². The van der Waals surface area contributed by atoms with Gasteiger partial charge in [0.15, 0.2) is 0 Å². The Morgan fingerprint density at radius 3 is 2.87 bits per heavy atom. The zero-order valence-electron chi connectivity index (χ0n) is 13.8. The van der Waals surface area contributed by atoms with Crippen molar-refractivity contribution >= 4 is 11.8 Å². The number of nitrogens with zero attached hydrogens (tertiary/aromatic N) is 3. The maximum Gasteiger partial charge on any atom is 0.225 e. The first-order valence-electron chi connectivity index (χ1n) is 8.71. The molecule has 2 fully saturated rings. The predicted octanol–water partition coefficient (Wildman–Crippen LogP) is 1.49. The molecule has 0 aromatic carbocycles. The van der Waals surface area contributed by atoms with Gasteiger partial charge in [0.25, 0.3) is 0 Å². The topological polar surface area (TPSA) is 67.2 Å². The maximum atomic E-state index is 12.3. The van der Waals surface area contributed by atoms with Gasteiger partial charge in [-0.3, -0.25) is 14.3 Å². The van der Waals surface area contributed by atoms with Crippen LogP contribution in [0.4, 0.5) is 0 Å². The third-order valence-electron chi connectivity index (χ3n) is 4.93. The highest BCUT2D eigenvalue weighted by Crippen LogP contribution is 2.29. The van der Waals surface area contributed by atoms with E-state index in [-0.39, 0.29) is 17.7 Å². The molecule has 0 bridgehead atoms. The summed E-state index contributed by atoms with van der Waals surface area (Å²) in [4.78, 5) is 26.3. The standard InChI is InChI=1S/C17H26N4O2/c1-13-7-10-20(19-13)9-4-8-18-17(23)14-11-16(22)21(12-14)15-5-2-3-6-15/h7,10,14-15H,2-6,8-9,11-12H2,1H3,(H,18,23)/t14-/m1/s1. The Hall–Kier alpha value is -1.85. The van der Waals surface area contributed by atoms with Gasteiger partial charge < -0.3 is 10.2 Å². The van der Waals surface area contributed by atoms with E-state index in [1.54, 1.807) is 0 Å². The minimum Gasteiger partial charge on any atom is -0.356 e. The summed E-state index contributed by atoms with van der Waals surface area (Å²) in [5, 5.41) is 7.30. The highest BCUT2D eigenvalue weighted by molar-refractivity contribution is 5.89. The molecule has 0 unspecified atom stereocenters. The molecule has 1 aromatic rings. The Labute approximate surface area is 137 Å². The Kier molecular flexibility index (Phi) is 4.98. The summed E-state index contributed by atoms with van der Waals surface area (Å²) in [5.41, 5.74) is 1.01. The number of amides is 2. The second-order valence-electron chi connectivity index (χ2n) is 6.75. The number of aromatic nitrogens is 2. The van der Waals surface area contributed by atoms with Crippen LogP contribution in [-0.4, -0.2) is 45.6 Å². The molecule has 1 saturated carbocycles. The fraction of sp³-hybridized carbons (Fsp3) is 0.706. The van der Waals surface area contributed by atoms with Crippen LogP contribution < -0.4 is 5.32 Å². The SMILES string of the molecule is Cc1ccn(CCCNC(=O)[C@@H]2CC(=O)N(C3CCCC3)C2)n1. The van der Waals surface area contributed by atoms with E-state index < -0.39 is 0 Å². The number of hydrogen-bond donors (Lipinski definition) is 1. The lowest BCUT2D eigenvalue weighted by molar-refractivity contribution is -0.130. The molecule has 0 radical (unpaired) electrons. The normalized spacial score (nSPS) is 22.0. The van der Waals surface area contributed by atoms with Crippen molar-refractivity contribution in [1.29, 1.82) is 0 Å². The first-order chi connectivity index (χ1) is 11.1. The van der Waals surface area contributed by atoms with Crippen LogP contribution in [0.2, 0.25) is 0 Å². The van der Waals surface area contributed by atoms with Gasteiger partial charge in [0, 0.05) is 38.3 Å². The third-order valence-corrected chi connectivity index (χ3v) is 4.93. The second-order valence-corrected chi connectivity index (χ2v) is 6.75. The molecule has 3 rings (SSSR count). The number of rotatable bonds is 6. The van der Waals surface area contributed by atoms with Crippen LogP contribution in [0.25, 0.3) is 0 Å². The van der Waals surface area contributed by atoms with E-state index in [0.717, 1.165) is 31.5 Å². The molecule has 2 aliphatic rings. The van der Waals surface area contributed by atoms with Gasteiger partial charge in [-0.05, 0) is 32.3 Å². The lowest BCUT2D eigenvalue weighted by Gasteiger charge is -2.23. The monoisotopic (exact) mass is 318 g/mol. The Morgan fingerprint density at radius 1 is 1.39 bits per heavy atom. The number of likely N-dealkylation sites (tertiary alicyclic amines) is 1. The molecule has 2 amide bonds. The Balaban J connectivity index is 1.39. The quantitative estimate of drug-likeness (QED) is 0.808. The molecular weight excluding hydrogens is 292 g/mol. The number of aryl methyl sites for hydroxylation is 2. The third kappa shape index (κ3) is 3.92. The largest absolute Gasteiger partial charge is 0.356 e. The number of hydrogen-bond acceptors (Lipinski definition) is 3. The molecule has 1 aliphatic heterocycles. The van der Waals surface area contributed by atoms with Gasteiger partial charge in [-0.15, -0.1) is 0 Å². The lowest BCUT2D eigenvalue weighted by atomic mass is 10.1. The maximum absolute atomic E-state index is 12.3. The van der Waals surface area contributed by atoms with E-state index in [2.05, 4.69) is 10.4 Å². The minimum atomic E-state index is -0.171. The van der Waals surface area contributed by atoms with Crippen LogP contribution in [0.15, 0.2) is 12.3 Å². The van der Waals surface area contributed by atoms with E-state index >= 15 is 0 Å². The summed E-state index contributed by atoms with van der Waals surface area (Å²) in [7, 11) is 0. The van der Waals surface area contributed by atoms with E-state index in [4.69, 9.17) is 0 Å². The first kappa shape index (κ1) is 16.0. The van der Waals surface area contributed by atoms with Crippen LogP contribution in [0, 0.1) is 12.8 Å². The molecule has 6 nitrogen and oxygen atoms in total. The molecule has 1 atom stereocenters. The first-order valence-corrected chi connectivity index (χ1v) is 8.71. The van der Waals surface area contributed by atoms with E-state index in [0.29, 0.717) is 25.6 Å². The van der Waals surface area contributed by atoms with Gasteiger partial charge in [-0.1, -0.05) is 12.8 Å². The van der Waals surface area contributed by atoms with Crippen LogP contribution in [-0.2, 0) is 16.1 Å². The van der Waals surface area contributed by atoms with Crippen molar-refractivity contribution in [2.24, 2.45) is 5.92 Å². The fourth-order valence-electron chi connectivity index (χ4n) is 3.66. The molecule has 1 N–H and O–H groups in total. The summed E-state index contributed by atoms with van der Waals surface area (Å²) in [5.74, 6) is 0.00890. The summed E-state index contributed by atoms with van der Waals surface area (Å²) in [6, 6.07) is 2.35. The highest BCUT2D eigenvalue weighted by atomic mass is 16.2. The van der Waals surface area contributed by atoms with Crippen molar-refractivity contribution in [3.8, 4) is 0 Å². The molecule has 1 saturated heterocycles. The number of carbonyl (C=O) groups is 2. The van der Waals surface area contributed by atoms with Crippen molar-refractivity contribution in [2.75, 3.05) is 13.1 Å². The molecule has 0 spiro atoms. The second kappa shape index (κ2) is 7.15. The summed E-state index contributed by atoms with van der Waals surface area (Å²) < 4.78 is 1.89. The Bertz CT molecular complexity index is 563. The summed E-state index contributed by atoms with van der Waals surface area (Å²) in [6.07, 6.45) is 7.79. The highest BCUT2D eigenvalue weighted by Gasteiger charge is 2.38. The lowest BCUT2D eigenvalue weighted by Crippen LogP contribution is -2.37. The minimum absolute atomic E-state index is 0.0236. The van der Waals surface area contributed by atoms with Crippen LogP contribution in [0.5, 0.6) is 0 Å². The zero-order valence-corrected chi connectivity index (χ0v) is 13.8. The van der Waals surface area contributed by atoms with Crippen molar-refractivity contribution in [2.45, 2.75) is 58.0 Å². The van der Waals surface area contributed by atoms with Crippen molar-refractivity contribution in [3.05, 3.63) is 18.0 Å². The van der Waals surface area contributed by atoms with Gasteiger partial charge in [0.1, 0.15) is 0 Å². The van der Waals surface area contributed by atoms with Crippen LogP contribution >= 0.6 is 0 Å². The molecule has 23 heavy (non-hydrogen) atoms. The molecular formula is C17H26N4O2. The predicted molar refractivity (Wildman–Crippen MR) is 86.7 cm³/mol. The average molecular weight is 318 g/mol. The number of nitrogens with one attached hydrogen (secondary N) is 1. The smallest absolute Gasteiger partial charge is 0.225 e. The Morgan fingerprint density at radius 2 is 2.17 bits per heavy atom. The van der Waals surface area contributed by atoms with E-state index in [9.17, 15) is 9.59 Å². The van der Waals surface area contributed by atoms with Gasteiger partial charge >= 0.3 is 0 Å². The van der Waals surface area contributed by atoms with Crippen molar-refractivity contribution in [1.82, 2.24) is 20.0 Å². The van der Waals surface area contributed by atoms with Gasteiger partial charge in [-0.25, -0.2) is 0 Å². The average Bonchev–Trinajstić information content (AvgIpc) is 3.24. The molecule has 6 heteroatoms. The molecule has 1 aromatic heterocycles. The zero-order chi connectivity index (χ0) is 16.2. The molecule has 1 aliphatic carbocycles. The van der Waals surface area contributed by atoms with E-state index in [1.165, 1.54) is 12.8 Å². The number of carbonyl (C=O) groups excluding carboxylic acids is 2. The van der Waals surface area contributed by atoms with E-state index in [1.807, 2.05) is 28.8 Å². The van der Waals surface area contributed by atoms with Gasteiger partial charge in [0.2, 0.25) is 11.8 Å². The molecule has 126 valence electrons.